The van der Waals surface area contributed by atoms with E-state index in [4.69, 9.17) is 9.47 Å². The van der Waals surface area contributed by atoms with Crippen molar-refractivity contribution >= 4 is 11.9 Å². The lowest BCUT2D eigenvalue weighted by Crippen LogP contribution is -2.32. The Morgan fingerprint density at radius 2 is 0.638 bits per heavy atom. The van der Waals surface area contributed by atoms with Gasteiger partial charge in [-0.25, -0.2) is 0 Å². The third-order valence-electron chi connectivity index (χ3n) is 16.2. The predicted molar refractivity (Wildman–Crippen MR) is 301 cm³/mol. The molecule has 1 aliphatic carbocycles. The van der Waals surface area contributed by atoms with Gasteiger partial charge in [-0.2, -0.15) is 0 Å². The Morgan fingerprint density at radius 1 is 0.348 bits per heavy atom. The third kappa shape index (κ3) is 40.0. The lowest BCUT2D eigenvalue weighted by molar-refractivity contribution is -0.155. The van der Waals surface area contributed by atoms with Gasteiger partial charge in [0.05, 0.1) is 18.4 Å². The summed E-state index contributed by atoms with van der Waals surface area (Å²) in [5, 5.41) is 0. The summed E-state index contributed by atoms with van der Waals surface area (Å²) in [6, 6.07) is 0. The number of unbranched alkanes of at least 4 members (excludes halogenated alkanes) is 30. The molecule has 0 aromatic heterocycles. The van der Waals surface area contributed by atoms with Crippen LogP contribution in [0.3, 0.4) is 0 Å². The second-order valence-corrected chi connectivity index (χ2v) is 22.6. The molecule has 6 nitrogen and oxygen atoms in total. The first kappa shape index (κ1) is 65.9. The van der Waals surface area contributed by atoms with Crippen molar-refractivity contribution < 1.29 is 19.1 Å². The second-order valence-electron chi connectivity index (χ2n) is 22.6. The standard InChI is InChI=1S/C63H124N2O4/c1-7-12-17-22-27-32-37-43-59(58(6)49-54-64(50-38-33-28-23-18-13-8-2)51-39-34-29-24-19-14-9-3)44-42-56-68-62(66)60-45-47-61(48-46-60)63(67)69-57-55-65(52-40-35-30-25-20-15-10-4)53-41-36-31-26-21-16-11-5/h58-61H,7-57H2,1-6H3. The van der Waals surface area contributed by atoms with Crippen molar-refractivity contribution in [1.29, 1.82) is 0 Å². The van der Waals surface area contributed by atoms with Gasteiger partial charge in [0.25, 0.3) is 0 Å². The van der Waals surface area contributed by atoms with E-state index in [-0.39, 0.29) is 23.8 Å². The van der Waals surface area contributed by atoms with Crippen LogP contribution in [0, 0.1) is 23.7 Å². The zero-order valence-electron chi connectivity index (χ0n) is 47.9. The van der Waals surface area contributed by atoms with Crippen molar-refractivity contribution in [3.8, 4) is 0 Å². The van der Waals surface area contributed by atoms with Crippen LogP contribution in [-0.4, -0.2) is 74.2 Å². The summed E-state index contributed by atoms with van der Waals surface area (Å²) in [6.07, 6.45) is 55.2. The first-order chi connectivity index (χ1) is 33.9. The Hall–Kier alpha value is -1.14. The van der Waals surface area contributed by atoms with E-state index in [1.807, 2.05) is 0 Å². The first-order valence-electron chi connectivity index (χ1n) is 31.7. The van der Waals surface area contributed by atoms with Crippen LogP contribution in [0.2, 0.25) is 0 Å². The van der Waals surface area contributed by atoms with Gasteiger partial charge in [-0.1, -0.05) is 247 Å². The van der Waals surface area contributed by atoms with Crippen LogP contribution in [0.1, 0.15) is 318 Å². The smallest absolute Gasteiger partial charge is 0.308 e. The van der Waals surface area contributed by atoms with Crippen molar-refractivity contribution in [2.45, 2.75) is 318 Å². The topological polar surface area (TPSA) is 59.1 Å². The summed E-state index contributed by atoms with van der Waals surface area (Å²) in [6.45, 7) is 21.9. The maximum Gasteiger partial charge on any atom is 0.308 e. The van der Waals surface area contributed by atoms with Crippen LogP contribution in [0.4, 0.5) is 0 Å². The molecule has 0 spiro atoms. The van der Waals surface area contributed by atoms with E-state index in [0.717, 1.165) is 58.2 Å². The summed E-state index contributed by atoms with van der Waals surface area (Å²) in [5.41, 5.74) is 0. The van der Waals surface area contributed by atoms with Gasteiger partial charge in [-0.3, -0.25) is 14.5 Å². The Kier molecular flexibility index (Phi) is 48.1. The normalized spacial score (nSPS) is 16.1. The molecule has 1 saturated carbocycles. The summed E-state index contributed by atoms with van der Waals surface area (Å²) in [7, 11) is 0. The van der Waals surface area contributed by atoms with Crippen LogP contribution in [0.15, 0.2) is 0 Å². The van der Waals surface area contributed by atoms with E-state index in [2.05, 4.69) is 51.3 Å². The number of rotatable bonds is 53. The number of carbonyl (C=O) groups excluding carboxylic acids is 2. The molecule has 0 radical (unpaired) electrons. The number of hydrogen-bond acceptors (Lipinski definition) is 6. The summed E-state index contributed by atoms with van der Waals surface area (Å²) >= 11 is 0. The van der Waals surface area contributed by atoms with E-state index in [1.165, 1.54) is 257 Å². The third-order valence-corrected chi connectivity index (χ3v) is 16.2. The summed E-state index contributed by atoms with van der Waals surface area (Å²) in [5.74, 6) is 1.16. The molecule has 0 aliphatic heterocycles. The Bertz CT molecular complexity index is 1040. The molecule has 0 amide bonds. The Morgan fingerprint density at radius 3 is 1.00 bits per heavy atom. The quantitative estimate of drug-likeness (QED) is 0.0447. The highest BCUT2D eigenvalue weighted by Gasteiger charge is 2.32. The molecule has 2 unspecified atom stereocenters. The van der Waals surface area contributed by atoms with Gasteiger partial charge in [0, 0.05) is 6.54 Å². The lowest BCUT2D eigenvalue weighted by atomic mass is 9.82. The van der Waals surface area contributed by atoms with E-state index >= 15 is 0 Å². The fourth-order valence-corrected chi connectivity index (χ4v) is 11.1. The van der Waals surface area contributed by atoms with Gasteiger partial charge in [-0.05, 0) is 115 Å². The molecule has 0 aromatic carbocycles. The van der Waals surface area contributed by atoms with Crippen LogP contribution in [0.5, 0.6) is 0 Å². The van der Waals surface area contributed by atoms with Crippen LogP contribution >= 0.6 is 0 Å². The fraction of sp³-hybridized carbons (Fsp3) is 0.968. The lowest BCUT2D eigenvalue weighted by Gasteiger charge is -2.29. The average Bonchev–Trinajstić information content (AvgIpc) is 3.36. The van der Waals surface area contributed by atoms with E-state index < -0.39 is 0 Å². The van der Waals surface area contributed by atoms with Gasteiger partial charge in [0.15, 0.2) is 0 Å². The molecule has 6 heteroatoms. The van der Waals surface area contributed by atoms with Crippen LogP contribution < -0.4 is 0 Å². The molecule has 1 rings (SSSR count). The SMILES string of the molecule is CCCCCCCCCC(CCCOC(=O)C1CCC(C(=O)OCCN(CCCCCCCCC)CCCCCCCCC)CC1)C(C)CCN(CCCCCCCCC)CCCCCCCCC. The maximum absolute atomic E-state index is 13.3. The van der Waals surface area contributed by atoms with Crippen molar-refractivity contribution in [1.82, 2.24) is 9.80 Å². The number of esters is 2. The number of nitrogens with zero attached hydrogens (tertiary/aromatic N) is 2. The van der Waals surface area contributed by atoms with Crippen molar-refractivity contribution in [2.75, 3.05) is 52.5 Å². The number of ether oxygens (including phenoxy) is 2. The molecule has 0 aromatic rings. The maximum atomic E-state index is 13.3. The average molecular weight is 974 g/mol. The highest BCUT2D eigenvalue weighted by atomic mass is 16.5. The Balaban J connectivity index is 2.60. The van der Waals surface area contributed by atoms with Gasteiger partial charge >= 0.3 is 11.9 Å². The zero-order valence-corrected chi connectivity index (χ0v) is 47.9. The van der Waals surface area contributed by atoms with Gasteiger partial charge in [0.1, 0.15) is 6.61 Å². The molecular weight excluding hydrogens is 849 g/mol. The summed E-state index contributed by atoms with van der Waals surface area (Å²) < 4.78 is 11.9. The highest BCUT2D eigenvalue weighted by Crippen LogP contribution is 2.32. The van der Waals surface area contributed by atoms with Crippen LogP contribution in [-0.2, 0) is 19.1 Å². The minimum absolute atomic E-state index is 0.0313. The minimum Gasteiger partial charge on any atom is -0.465 e. The van der Waals surface area contributed by atoms with Crippen molar-refractivity contribution in [3.05, 3.63) is 0 Å². The first-order valence-corrected chi connectivity index (χ1v) is 31.7. The molecule has 0 saturated heterocycles. The van der Waals surface area contributed by atoms with E-state index in [9.17, 15) is 9.59 Å². The van der Waals surface area contributed by atoms with Crippen molar-refractivity contribution in [3.63, 3.8) is 0 Å². The van der Waals surface area contributed by atoms with E-state index in [0.29, 0.717) is 25.0 Å². The van der Waals surface area contributed by atoms with E-state index in [1.54, 1.807) is 0 Å². The zero-order chi connectivity index (χ0) is 50.1. The molecule has 69 heavy (non-hydrogen) atoms. The molecule has 2 atom stereocenters. The molecule has 1 fully saturated rings. The molecule has 410 valence electrons. The highest BCUT2D eigenvalue weighted by molar-refractivity contribution is 5.75. The molecular formula is C63H124N2O4. The number of carbonyl (C=O) groups is 2. The predicted octanol–water partition coefficient (Wildman–Crippen LogP) is 19.0. The molecule has 1 aliphatic rings. The molecule has 0 N–H and O–H groups in total. The minimum atomic E-state index is -0.0790. The van der Waals surface area contributed by atoms with Gasteiger partial charge in [-0.15, -0.1) is 0 Å². The summed E-state index contributed by atoms with van der Waals surface area (Å²) in [4.78, 5) is 32.0. The fourth-order valence-electron chi connectivity index (χ4n) is 11.1. The second kappa shape index (κ2) is 50.4. The van der Waals surface area contributed by atoms with Crippen molar-refractivity contribution in [2.24, 2.45) is 23.7 Å². The largest absolute Gasteiger partial charge is 0.465 e. The molecule has 0 bridgehead atoms. The monoisotopic (exact) mass is 973 g/mol. The molecule has 0 heterocycles. The number of hydrogen-bond donors (Lipinski definition) is 0. The van der Waals surface area contributed by atoms with Gasteiger partial charge < -0.3 is 14.4 Å². The van der Waals surface area contributed by atoms with Gasteiger partial charge in [0.2, 0.25) is 0 Å². The Labute approximate surface area is 432 Å². The van der Waals surface area contributed by atoms with Crippen LogP contribution in [0.25, 0.3) is 0 Å².